The first-order valence-electron chi connectivity index (χ1n) is 13.1. The van der Waals surface area contributed by atoms with E-state index in [0.29, 0.717) is 6.42 Å². The van der Waals surface area contributed by atoms with Crippen molar-refractivity contribution in [2.24, 2.45) is 0 Å². The molecule has 5 rings (SSSR count). The third-order valence-corrected chi connectivity index (χ3v) is 7.47. The Morgan fingerprint density at radius 2 is 1.40 bits per heavy atom. The Hall–Kier alpha value is -3.11. The number of aryl methyl sites for hydroxylation is 2. The molecule has 1 saturated heterocycles. The van der Waals surface area contributed by atoms with Gasteiger partial charge in [-0.25, -0.2) is 0 Å². The van der Waals surface area contributed by atoms with Gasteiger partial charge in [0.1, 0.15) is 5.75 Å². The third kappa shape index (κ3) is 5.43. The largest absolute Gasteiger partial charge is 0.481 e. The second-order valence-electron chi connectivity index (χ2n) is 9.74. The maximum atomic E-state index is 13.4. The molecule has 0 unspecified atom stereocenters. The molecule has 35 heavy (non-hydrogen) atoms. The summed E-state index contributed by atoms with van der Waals surface area (Å²) in [7, 11) is 0. The Kier molecular flexibility index (Phi) is 7.48. The van der Waals surface area contributed by atoms with E-state index in [1.165, 1.54) is 35.1 Å². The molecule has 1 amide bonds. The number of carbonyl (C=O) groups excluding carboxylic acids is 1. The number of hydrogen-bond acceptors (Lipinski definition) is 3. The fraction of sp³-hybridized carbons (Fsp3) is 0.387. The zero-order valence-electron chi connectivity index (χ0n) is 20.7. The van der Waals surface area contributed by atoms with Crippen molar-refractivity contribution in [1.82, 2.24) is 9.80 Å². The van der Waals surface area contributed by atoms with E-state index in [4.69, 9.17) is 4.74 Å². The molecule has 0 spiro atoms. The summed E-state index contributed by atoms with van der Waals surface area (Å²) in [6.07, 6.45) is 5.02. The van der Waals surface area contributed by atoms with Crippen LogP contribution in [-0.4, -0.2) is 48.0 Å². The van der Waals surface area contributed by atoms with E-state index in [9.17, 15) is 4.79 Å². The van der Waals surface area contributed by atoms with E-state index < -0.39 is 6.10 Å². The van der Waals surface area contributed by atoms with Crippen LogP contribution in [0.1, 0.15) is 54.5 Å². The topological polar surface area (TPSA) is 32.8 Å². The number of benzene rings is 3. The van der Waals surface area contributed by atoms with Gasteiger partial charge in [0.15, 0.2) is 6.10 Å². The van der Waals surface area contributed by atoms with Crippen LogP contribution in [-0.2, 0) is 17.6 Å². The maximum Gasteiger partial charge on any atom is 0.263 e. The van der Waals surface area contributed by atoms with Crippen molar-refractivity contribution in [1.29, 1.82) is 0 Å². The predicted molar refractivity (Wildman–Crippen MR) is 141 cm³/mol. The summed E-state index contributed by atoms with van der Waals surface area (Å²) in [5, 5.41) is 0. The van der Waals surface area contributed by atoms with E-state index in [1.54, 1.807) is 0 Å². The minimum atomic E-state index is -0.428. The van der Waals surface area contributed by atoms with Gasteiger partial charge in [-0.05, 0) is 66.5 Å². The number of piperazine rings is 1. The van der Waals surface area contributed by atoms with Gasteiger partial charge in [-0.2, -0.15) is 0 Å². The summed E-state index contributed by atoms with van der Waals surface area (Å²) in [6.45, 7) is 5.17. The Morgan fingerprint density at radius 3 is 2.00 bits per heavy atom. The molecule has 0 N–H and O–H groups in total. The first-order valence-corrected chi connectivity index (χ1v) is 13.1. The second kappa shape index (κ2) is 11.1. The van der Waals surface area contributed by atoms with Crippen LogP contribution in [0.5, 0.6) is 5.75 Å². The number of nitrogens with zero attached hydrogens (tertiary/aromatic N) is 2. The fourth-order valence-electron chi connectivity index (χ4n) is 5.54. The lowest BCUT2D eigenvalue weighted by atomic mass is 9.92. The Balaban J connectivity index is 1.25. The van der Waals surface area contributed by atoms with E-state index in [2.05, 4.69) is 77.7 Å². The molecule has 1 aliphatic carbocycles. The fourth-order valence-corrected chi connectivity index (χ4v) is 5.54. The van der Waals surface area contributed by atoms with Gasteiger partial charge in [0.05, 0.1) is 6.04 Å². The molecule has 2 aliphatic rings. The summed E-state index contributed by atoms with van der Waals surface area (Å²) < 4.78 is 6.25. The summed E-state index contributed by atoms with van der Waals surface area (Å²) in [5.74, 6) is 0.943. The first kappa shape index (κ1) is 23.6. The van der Waals surface area contributed by atoms with Crippen molar-refractivity contribution < 1.29 is 9.53 Å². The zero-order chi connectivity index (χ0) is 24.0. The van der Waals surface area contributed by atoms with Crippen molar-refractivity contribution in [3.05, 3.63) is 101 Å². The Morgan fingerprint density at radius 1 is 0.800 bits per heavy atom. The number of carbonyl (C=O) groups is 1. The van der Waals surface area contributed by atoms with Crippen LogP contribution in [0.15, 0.2) is 78.9 Å². The lowest BCUT2D eigenvalue weighted by Crippen LogP contribution is -2.53. The molecule has 3 aromatic carbocycles. The van der Waals surface area contributed by atoms with Gasteiger partial charge in [0.2, 0.25) is 0 Å². The minimum absolute atomic E-state index is 0.112. The van der Waals surface area contributed by atoms with Gasteiger partial charge in [-0.1, -0.05) is 73.7 Å². The van der Waals surface area contributed by atoms with Crippen LogP contribution in [0, 0.1) is 0 Å². The van der Waals surface area contributed by atoms with E-state index in [0.717, 1.165) is 44.8 Å². The highest BCUT2D eigenvalue weighted by Crippen LogP contribution is 2.30. The normalized spacial score (nSPS) is 17.1. The molecule has 0 radical (unpaired) electrons. The van der Waals surface area contributed by atoms with Crippen LogP contribution < -0.4 is 4.74 Å². The molecule has 0 aromatic heterocycles. The average molecular weight is 469 g/mol. The molecule has 182 valence electrons. The van der Waals surface area contributed by atoms with Crippen molar-refractivity contribution in [3.63, 3.8) is 0 Å². The average Bonchev–Trinajstić information content (AvgIpc) is 2.93. The van der Waals surface area contributed by atoms with Crippen molar-refractivity contribution in [2.45, 2.75) is 51.2 Å². The second-order valence-corrected chi connectivity index (χ2v) is 9.74. The van der Waals surface area contributed by atoms with Crippen molar-refractivity contribution in [3.8, 4) is 5.75 Å². The molecule has 4 heteroatoms. The third-order valence-electron chi connectivity index (χ3n) is 7.47. The first-order chi connectivity index (χ1) is 17.2. The van der Waals surface area contributed by atoms with Gasteiger partial charge in [0.25, 0.3) is 5.91 Å². The number of ether oxygens (including phenoxy) is 1. The lowest BCUT2D eigenvalue weighted by Gasteiger charge is -2.40. The number of fused-ring (bicyclic) bond motifs is 1. The SMILES string of the molecule is CC[C@H](Oc1ccc2c(c1)CCCC2)C(=O)N1CCN(C(c2ccccc2)c2ccccc2)CC1. The monoisotopic (exact) mass is 468 g/mol. The van der Waals surface area contributed by atoms with E-state index >= 15 is 0 Å². The molecular formula is C31H36N2O2. The highest BCUT2D eigenvalue weighted by atomic mass is 16.5. The van der Waals surface area contributed by atoms with Crippen LogP contribution in [0.2, 0.25) is 0 Å². The standard InChI is InChI=1S/C31H36N2O2/c1-2-29(35-28-18-17-24-11-9-10-16-27(24)23-28)31(34)33-21-19-32(20-22-33)30(25-12-5-3-6-13-25)26-14-7-4-8-15-26/h3-8,12-15,17-18,23,29-30H,2,9-11,16,19-22H2,1H3/t29-/m0/s1. The maximum absolute atomic E-state index is 13.4. The molecule has 0 saturated carbocycles. The van der Waals surface area contributed by atoms with E-state index in [-0.39, 0.29) is 11.9 Å². The Bertz CT molecular complexity index is 1070. The van der Waals surface area contributed by atoms with Crippen molar-refractivity contribution >= 4 is 5.91 Å². The molecule has 0 bridgehead atoms. The highest BCUT2D eigenvalue weighted by Gasteiger charge is 2.31. The molecule has 3 aromatic rings. The number of amides is 1. The minimum Gasteiger partial charge on any atom is -0.481 e. The van der Waals surface area contributed by atoms with Crippen LogP contribution in [0.4, 0.5) is 0 Å². The van der Waals surface area contributed by atoms with E-state index in [1.807, 2.05) is 17.9 Å². The molecule has 1 atom stereocenters. The number of hydrogen-bond donors (Lipinski definition) is 0. The van der Waals surface area contributed by atoms with Gasteiger partial charge < -0.3 is 9.64 Å². The summed E-state index contributed by atoms with van der Waals surface area (Å²) in [5.41, 5.74) is 5.41. The van der Waals surface area contributed by atoms with Crippen LogP contribution in [0.25, 0.3) is 0 Å². The summed E-state index contributed by atoms with van der Waals surface area (Å²) >= 11 is 0. The predicted octanol–water partition coefficient (Wildman–Crippen LogP) is 5.66. The van der Waals surface area contributed by atoms with Crippen LogP contribution >= 0.6 is 0 Å². The quantitative estimate of drug-likeness (QED) is 0.449. The molecule has 1 fully saturated rings. The van der Waals surface area contributed by atoms with Crippen molar-refractivity contribution in [2.75, 3.05) is 26.2 Å². The zero-order valence-corrected chi connectivity index (χ0v) is 20.7. The smallest absolute Gasteiger partial charge is 0.263 e. The molecular weight excluding hydrogens is 432 g/mol. The van der Waals surface area contributed by atoms with Gasteiger partial charge in [0, 0.05) is 26.2 Å². The molecule has 1 heterocycles. The van der Waals surface area contributed by atoms with Gasteiger partial charge in [-0.3, -0.25) is 9.69 Å². The van der Waals surface area contributed by atoms with Gasteiger partial charge in [-0.15, -0.1) is 0 Å². The Labute approximate surface area is 209 Å². The highest BCUT2D eigenvalue weighted by molar-refractivity contribution is 5.81. The molecule has 4 nitrogen and oxygen atoms in total. The lowest BCUT2D eigenvalue weighted by molar-refractivity contribution is -0.140. The number of rotatable bonds is 7. The van der Waals surface area contributed by atoms with Crippen LogP contribution in [0.3, 0.4) is 0 Å². The molecule has 1 aliphatic heterocycles. The summed E-state index contributed by atoms with van der Waals surface area (Å²) in [4.78, 5) is 17.9. The summed E-state index contributed by atoms with van der Waals surface area (Å²) in [6, 6.07) is 28.0. The van der Waals surface area contributed by atoms with Gasteiger partial charge >= 0.3 is 0 Å².